The van der Waals surface area contributed by atoms with Crippen LogP contribution < -0.4 is 10.5 Å². The van der Waals surface area contributed by atoms with Gasteiger partial charge in [-0.3, -0.25) is 0 Å². The van der Waals surface area contributed by atoms with Gasteiger partial charge in [-0.05, 0) is 42.7 Å². The summed E-state index contributed by atoms with van der Waals surface area (Å²) in [5.74, 6) is 1.27. The second-order valence-electron chi connectivity index (χ2n) is 3.86. The van der Waals surface area contributed by atoms with Gasteiger partial charge >= 0.3 is 0 Å². The standard InChI is InChI=1S/C15H13N3OS.HI/c1-20-15(17)18-13-4-2-3-5-14(13)19-12-8-6-11(10-16)7-9-12;/h2-9H,1H3,(H2,17,18);1H. The molecule has 2 rings (SSSR count). The predicted octanol–water partition coefficient (Wildman–Crippen LogP) is 4.28. The zero-order chi connectivity index (χ0) is 14.4. The first-order valence-corrected chi connectivity index (χ1v) is 7.10. The van der Waals surface area contributed by atoms with E-state index in [1.807, 2.05) is 30.5 Å². The molecular weight excluding hydrogens is 397 g/mol. The monoisotopic (exact) mass is 411 g/mol. The number of para-hydroxylation sites is 2. The van der Waals surface area contributed by atoms with Crippen LogP contribution in [0.3, 0.4) is 0 Å². The fourth-order valence-corrected chi connectivity index (χ4v) is 1.71. The molecule has 0 heterocycles. The van der Waals surface area contributed by atoms with Crippen molar-refractivity contribution < 1.29 is 4.74 Å². The minimum atomic E-state index is 0. The molecule has 2 aromatic carbocycles. The molecule has 0 aliphatic heterocycles. The average molecular weight is 411 g/mol. The van der Waals surface area contributed by atoms with E-state index in [9.17, 15) is 0 Å². The molecule has 0 bridgehead atoms. The summed E-state index contributed by atoms with van der Waals surface area (Å²) in [6, 6.07) is 16.4. The normalized spacial score (nSPS) is 10.4. The Labute approximate surface area is 145 Å². The zero-order valence-electron chi connectivity index (χ0n) is 11.3. The summed E-state index contributed by atoms with van der Waals surface area (Å²) < 4.78 is 5.77. The summed E-state index contributed by atoms with van der Waals surface area (Å²) in [5.41, 5.74) is 6.99. The van der Waals surface area contributed by atoms with Gasteiger partial charge in [-0.25, -0.2) is 4.99 Å². The van der Waals surface area contributed by atoms with Crippen molar-refractivity contribution in [1.29, 1.82) is 5.26 Å². The molecular formula is C15H14IN3OS. The van der Waals surface area contributed by atoms with Crippen LogP contribution in [0.4, 0.5) is 5.69 Å². The van der Waals surface area contributed by atoms with Gasteiger partial charge in [0.25, 0.3) is 0 Å². The third-order valence-corrected chi connectivity index (χ3v) is 3.03. The van der Waals surface area contributed by atoms with E-state index < -0.39 is 0 Å². The number of hydrogen-bond donors (Lipinski definition) is 1. The van der Waals surface area contributed by atoms with Crippen LogP contribution >= 0.6 is 35.7 Å². The molecule has 0 aliphatic rings. The lowest BCUT2D eigenvalue weighted by molar-refractivity contribution is 0.484. The van der Waals surface area contributed by atoms with Crippen molar-refractivity contribution >= 4 is 46.6 Å². The highest BCUT2D eigenvalue weighted by Crippen LogP contribution is 2.31. The smallest absolute Gasteiger partial charge is 0.159 e. The van der Waals surface area contributed by atoms with Crippen molar-refractivity contribution in [2.75, 3.05) is 6.26 Å². The maximum Gasteiger partial charge on any atom is 0.159 e. The summed E-state index contributed by atoms with van der Waals surface area (Å²) in [4.78, 5) is 4.29. The number of aliphatic imine (C=N–C) groups is 1. The molecule has 6 heteroatoms. The quantitative estimate of drug-likeness (QED) is 0.465. The highest BCUT2D eigenvalue weighted by molar-refractivity contribution is 14.0. The van der Waals surface area contributed by atoms with Gasteiger partial charge in [-0.1, -0.05) is 23.9 Å². The van der Waals surface area contributed by atoms with E-state index in [1.54, 1.807) is 24.3 Å². The van der Waals surface area contributed by atoms with Crippen LogP contribution in [0.25, 0.3) is 0 Å². The molecule has 2 aromatic rings. The summed E-state index contributed by atoms with van der Waals surface area (Å²) in [6.07, 6.45) is 1.86. The molecule has 0 atom stereocenters. The number of halogens is 1. The molecule has 0 spiro atoms. The third kappa shape index (κ3) is 4.95. The maximum absolute atomic E-state index is 8.76. The topological polar surface area (TPSA) is 71.4 Å². The molecule has 0 saturated heterocycles. The second-order valence-corrected chi connectivity index (χ2v) is 4.69. The lowest BCUT2D eigenvalue weighted by atomic mass is 10.2. The van der Waals surface area contributed by atoms with E-state index in [2.05, 4.69) is 11.1 Å². The van der Waals surface area contributed by atoms with Gasteiger partial charge in [0.1, 0.15) is 11.4 Å². The second kappa shape index (κ2) is 8.54. The van der Waals surface area contributed by atoms with Crippen molar-refractivity contribution in [3.05, 3.63) is 54.1 Å². The highest BCUT2D eigenvalue weighted by Gasteiger charge is 2.04. The van der Waals surface area contributed by atoms with Crippen LogP contribution in [0.5, 0.6) is 11.5 Å². The van der Waals surface area contributed by atoms with Gasteiger partial charge in [0, 0.05) is 0 Å². The van der Waals surface area contributed by atoms with E-state index in [0.717, 1.165) is 0 Å². The predicted molar refractivity (Wildman–Crippen MR) is 97.9 cm³/mol. The molecule has 0 aliphatic carbocycles. The van der Waals surface area contributed by atoms with Crippen molar-refractivity contribution in [1.82, 2.24) is 0 Å². The van der Waals surface area contributed by atoms with E-state index in [1.165, 1.54) is 11.8 Å². The molecule has 0 saturated carbocycles. The molecule has 0 fully saturated rings. The molecule has 0 aromatic heterocycles. The number of rotatable bonds is 3. The first-order chi connectivity index (χ1) is 9.72. The first-order valence-electron chi connectivity index (χ1n) is 5.88. The Morgan fingerprint density at radius 1 is 1.19 bits per heavy atom. The van der Waals surface area contributed by atoms with Crippen LogP contribution in [-0.2, 0) is 0 Å². The van der Waals surface area contributed by atoms with E-state index in [-0.39, 0.29) is 24.0 Å². The van der Waals surface area contributed by atoms with Gasteiger partial charge in [0.15, 0.2) is 10.9 Å². The Morgan fingerprint density at radius 2 is 1.86 bits per heavy atom. The van der Waals surface area contributed by atoms with Gasteiger partial charge in [-0.15, -0.1) is 24.0 Å². The number of hydrogen-bond acceptors (Lipinski definition) is 4. The fraction of sp³-hybridized carbons (Fsp3) is 0.0667. The van der Waals surface area contributed by atoms with Gasteiger partial charge in [0.2, 0.25) is 0 Å². The molecule has 108 valence electrons. The minimum absolute atomic E-state index is 0. The van der Waals surface area contributed by atoms with Crippen molar-refractivity contribution in [2.45, 2.75) is 0 Å². The van der Waals surface area contributed by atoms with E-state index >= 15 is 0 Å². The first kappa shape index (κ1) is 17.3. The van der Waals surface area contributed by atoms with Crippen LogP contribution in [-0.4, -0.2) is 11.4 Å². The maximum atomic E-state index is 8.76. The number of amidine groups is 1. The summed E-state index contributed by atoms with van der Waals surface area (Å²) in [6.45, 7) is 0. The summed E-state index contributed by atoms with van der Waals surface area (Å²) in [7, 11) is 0. The van der Waals surface area contributed by atoms with E-state index in [4.69, 9.17) is 15.7 Å². The molecule has 2 N–H and O–H groups in total. The lowest BCUT2D eigenvalue weighted by Crippen LogP contribution is -2.04. The molecule has 21 heavy (non-hydrogen) atoms. The highest BCUT2D eigenvalue weighted by atomic mass is 127. The number of nitrogens with zero attached hydrogens (tertiary/aromatic N) is 2. The lowest BCUT2D eigenvalue weighted by Gasteiger charge is -2.08. The van der Waals surface area contributed by atoms with Crippen LogP contribution in [0.15, 0.2) is 53.5 Å². The summed E-state index contributed by atoms with van der Waals surface area (Å²) >= 11 is 1.38. The molecule has 0 amide bonds. The Kier molecular flexibility index (Phi) is 7.05. The van der Waals surface area contributed by atoms with Crippen molar-refractivity contribution in [3.8, 4) is 17.6 Å². The van der Waals surface area contributed by atoms with E-state index in [0.29, 0.717) is 27.9 Å². The van der Waals surface area contributed by atoms with Crippen molar-refractivity contribution in [2.24, 2.45) is 10.7 Å². The molecule has 4 nitrogen and oxygen atoms in total. The average Bonchev–Trinajstić information content (AvgIpc) is 2.50. The Bertz CT molecular complexity index is 665. The number of thioether (sulfide) groups is 1. The molecule has 0 unspecified atom stereocenters. The van der Waals surface area contributed by atoms with Crippen LogP contribution in [0.1, 0.15) is 5.56 Å². The fourth-order valence-electron chi connectivity index (χ4n) is 1.52. The largest absolute Gasteiger partial charge is 0.455 e. The van der Waals surface area contributed by atoms with Crippen LogP contribution in [0.2, 0.25) is 0 Å². The SMILES string of the molecule is CSC(N)=Nc1ccccc1Oc1ccc(C#N)cc1.I. The number of ether oxygens (including phenoxy) is 1. The van der Waals surface area contributed by atoms with Crippen molar-refractivity contribution in [3.63, 3.8) is 0 Å². The summed E-state index contributed by atoms with van der Waals surface area (Å²) in [5, 5.41) is 9.24. The molecule has 0 radical (unpaired) electrons. The Morgan fingerprint density at radius 3 is 2.48 bits per heavy atom. The Hall–Kier alpha value is -1.72. The third-order valence-electron chi connectivity index (χ3n) is 2.52. The zero-order valence-corrected chi connectivity index (χ0v) is 14.5. The number of nitrogens with two attached hydrogens (primary N) is 1. The van der Waals surface area contributed by atoms with Gasteiger partial charge < -0.3 is 10.5 Å². The van der Waals surface area contributed by atoms with Gasteiger partial charge in [0.05, 0.1) is 11.6 Å². The number of nitriles is 1. The Balaban J connectivity index is 0.00000220. The van der Waals surface area contributed by atoms with Gasteiger partial charge in [-0.2, -0.15) is 5.26 Å². The minimum Gasteiger partial charge on any atom is -0.455 e. The van der Waals surface area contributed by atoms with Crippen LogP contribution in [0, 0.1) is 11.3 Å². The number of benzene rings is 2.